The lowest BCUT2D eigenvalue weighted by Gasteiger charge is -2.07. The van der Waals surface area contributed by atoms with Gasteiger partial charge >= 0.3 is 0 Å². The van der Waals surface area contributed by atoms with Crippen LogP contribution in [-0.2, 0) is 6.54 Å². The minimum Gasteiger partial charge on any atom is -0.381 e. The molecular formula is C13H10BrN3. The molecule has 84 valence electrons. The Labute approximate surface area is 108 Å². The monoisotopic (exact) mass is 287 g/mol. The van der Waals surface area contributed by atoms with E-state index in [-0.39, 0.29) is 0 Å². The Morgan fingerprint density at radius 2 is 2.00 bits per heavy atom. The zero-order chi connectivity index (χ0) is 12.1. The van der Waals surface area contributed by atoms with Gasteiger partial charge in [-0.2, -0.15) is 5.26 Å². The molecule has 4 heteroatoms. The Hall–Kier alpha value is -1.86. The molecule has 0 saturated heterocycles. The first-order valence-corrected chi connectivity index (χ1v) is 5.91. The van der Waals surface area contributed by atoms with Gasteiger partial charge in [-0.15, -0.1) is 0 Å². The molecular weight excluding hydrogens is 278 g/mol. The van der Waals surface area contributed by atoms with Gasteiger partial charge < -0.3 is 5.32 Å². The van der Waals surface area contributed by atoms with Gasteiger partial charge in [0.1, 0.15) is 6.07 Å². The highest BCUT2D eigenvalue weighted by atomic mass is 79.9. The number of anilines is 1. The zero-order valence-electron chi connectivity index (χ0n) is 9.02. The summed E-state index contributed by atoms with van der Waals surface area (Å²) < 4.78 is 0.805. The minimum atomic E-state index is 0.638. The molecule has 1 N–H and O–H groups in total. The molecule has 2 rings (SSSR count). The SMILES string of the molecule is N#Cc1ccc(NCc2ccncc2)cc1Br. The number of benzene rings is 1. The van der Waals surface area contributed by atoms with Crippen LogP contribution in [0.1, 0.15) is 11.1 Å². The zero-order valence-corrected chi connectivity index (χ0v) is 10.6. The third-order valence-electron chi connectivity index (χ3n) is 2.34. The second-order valence-electron chi connectivity index (χ2n) is 3.52. The van der Waals surface area contributed by atoms with Crippen LogP contribution in [0, 0.1) is 11.3 Å². The summed E-state index contributed by atoms with van der Waals surface area (Å²) in [6.07, 6.45) is 3.54. The van der Waals surface area contributed by atoms with Gasteiger partial charge in [0.15, 0.2) is 0 Å². The smallest absolute Gasteiger partial charge is 0.100 e. The Bertz CT molecular complexity index is 546. The van der Waals surface area contributed by atoms with E-state index in [9.17, 15) is 0 Å². The maximum Gasteiger partial charge on any atom is 0.100 e. The molecule has 17 heavy (non-hydrogen) atoms. The fourth-order valence-electron chi connectivity index (χ4n) is 1.42. The van der Waals surface area contributed by atoms with Crippen molar-refractivity contribution in [3.05, 3.63) is 58.3 Å². The molecule has 1 aromatic carbocycles. The Morgan fingerprint density at radius 3 is 2.65 bits per heavy atom. The maximum atomic E-state index is 8.81. The average Bonchev–Trinajstić information content (AvgIpc) is 2.38. The molecule has 0 fully saturated rings. The highest BCUT2D eigenvalue weighted by Crippen LogP contribution is 2.21. The lowest BCUT2D eigenvalue weighted by Crippen LogP contribution is -1.99. The molecule has 0 saturated carbocycles. The van der Waals surface area contributed by atoms with E-state index in [1.54, 1.807) is 18.5 Å². The molecule has 0 unspecified atom stereocenters. The van der Waals surface area contributed by atoms with Gasteiger partial charge in [0.05, 0.1) is 5.56 Å². The van der Waals surface area contributed by atoms with Crippen molar-refractivity contribution in [1.29, 1.82) is 5.26 Å². The topological polar surface area (TPSA) is 48.7 Å². The molecule has 1 heterocycles. The van der Waals surface area contributed by atoms with Crippen LogP contribution in [0.2, 0.25) is 0 Å². The fourth-order valence-corrected chi connectivity index (χ4v) is 1.89. The van der Waals surface area contributed by atoms with E-state index in [0.29, 0.717) is 5.56 Å². The van der Waals surface area contributed by atoms with Crippen molar-refractivity contribution in [3.63, 3.8) is 0 Å². The summed E-state index contributed by atoms with van der Waals surface area (Å²) in [7, 11) is 0. The Kier molecular flexibility index (Phi) is 3.73. The van der Waals surface area contributed by atoms with Gasteiger partial charge in [-0.1, -0.05) is 0 Å². The molecule has 0 atom stereocenters. The van der Waals surface area contributed by atoms with Crippen LogP contribution in [0.5, 0.6) is 0 Å². The summed E-state index contributed by atoms with van der Waals surface area (Å²) in [6, 6.07) is 11.6. The highest BCUT2D eigenvalue weighted by molar-refractivity contribution is 9.10. The van der Waals surface area contributed by atoms with Crippen LogP contribution in [0.25, 0.3) is 0 Å². The number of hydrogen-bond acceptors (Lipinski definition) is 3. The van der Waals surface area contributed by atoms with Crippen molar-refractivity contribution in [2.45, 2.75) is 6.54 Å². The summed E-state index contributed by atoms with van der Waals surface area (Å²) >= 11 is 3.36. The molecule has 0 amide bonds. The standard InChI is InChI=1S/C13H10BrN3/c14-13-7-12(2-1-11(13)8-15)17-9-10-3-5-16-6-4-10/h1-7,17H,9H2. The van der Waals surface area contributed by atoms with E-state index in [0.717, 1.165) is 16.7 Å². The molecule has 0 aliphatic carbocycles. The maximum absolute atomic E-state index is 8.81. The quantitative estimate of drug-likeness (QED) is 0.942. The number of nitrogens with one attached hydrogen (secondary N) is 1. The van der Waals surface area contributed by atoms with Crippen molar-refractivity contribution in [2.24, 2.45) is 0 Å². The fraction of sp³-hybridized carbons (Fsp3) is 0.0769. The summed E-state index contributed by atoms with van der Waals surface area (Å²) in [5.41, 5.74) is 2.78. The normalized spacial score (nSPS) is 9.65. The van der Waals surface area contributed by atoms with Gasteiger partial charge in [-0.05, 0) is 51.8 Å². The molecule has 3 nitrogen and oxygen atoms in total. The van der Waals surface area contributed by atoms with Gasteiger partial charge in [-0.3, -0.25) is 4.98 Å². The second kappa shape index (κ2) is 5.46. The van der Waals surface area contributed by atoms with E-state index in [1.807, 2.05) is 24.3 Å². The van der Waals surface area contributed by atoms with Crippen LogP contribution in [0.15, 0.2) is 47.2 Å². The summed E-state index contributed by atoms with van der Waals surface area (Å²) in [6.45, 7) is 0.737. The number of halogens is 1. The van der Waals surface area contributed by atoms with E-state index < -0.39 is 0 Å². The minimum absolute atomic E-state index is 0.638. The van der Waals surface area contributed by atoms with E-state index in [2.05, 4.69) is 32.3 Å². The first-order chi connectivity index (χ1) is 8.29. The van der Waals surface area contributed by atoms with Gasteiger partial charge in [0, 0.05) is 29.1 Å². The number of pyridine rings is 1. The predicted molar refractivity (Wildman–Crippen MR) is 70.4 cm³/mol. The van der Waals surface area contributed by atoms with Crippen molar-refractivity contribution in [3.8, 4) is 6.07 Å². The molecule has 1 aromatic heterocycles. The molecule has 0 spiro atoms. The number of nitriles is 1. The number of aromatic nitrogens is 1. The summed E-state index contributed by atoms with van der Waals surface area (Å²) in [5, 5.41) is 12.1. The number of rotatable bonds is 3. The average molecular weight is 288 g/mol. The van der Waals surface area contributed by atoms with E-state index >= 15 is 0 Å². The summed E-state index contributed by atoms with van der Waals surface area (Å²) in [4.78, 5) is 3.97. The third kappa shape index (κ3) is 3.05. The van der Waals surface area contributed by atoms with Crippen molar-refractivity contribution in [2.75, 3.05) is 5.32 Å². The first-order valence-electron chi connectivity index (χ1n) is 5.12. The van der Waals surface area contributed by atoms with Crippen LogP contribution < -0.4 is 5.32 Å². The van der Waals surface area contributed by atoms with E-state index in [4.69, 9.17) is 5.26 Å². The number of nitrogens with zero attached hydrogens (tertiary/aromatic N) is 2. The Balaban J connectivity index is 2.06. The first kappa shape index (κ1) is 11.6. The number of hydrogen-bond donors (Lipinski definition) is 1. The predicted octanol–water partition coefficient (Wildman–Crippen LogP) is 3.33. The highest BCUT2D eigenvalue weighted by Gasteiger charge is 2.00. The van der Waals surface area contributed by atoms with Crippen molar-refractivity contribution >= 4 is 21.6 Å². The third-order valence-corrected chi connectivity index (χ3v) is 2.99. The largest absolute Gasteiger partial charge is 0.381 e. The molecule has 0 aliphatic rings. The second-order valence-corrected chi connectivity index (χ2v) is 4.37. The molecule has 0 bridgehead atoms. The van der Waals surface area contributed by atoms with Crippen molar-refractivity contribution < 1.29 is 0 Å². The Morgan fingerprint density at radius 1 is 1.24 bits per heavy atom. The van der Waals surface area contributed by atoms with Gasteiger partial charge in [0.25, 0.3) is 0 Å². The lowest BCUT2D eigenvalue weighted by molar-refractivity contribution is 1.13. The van der Waals surface area contributed by atoms with Crippen LogP contribution in [0.4, 0.5) is 5.69 Å². The summed E-state index contributed by atoms with van der Waals surface area (Å²) in [5.74, 6) is 0. The lowest BCUT2D eigenvalue weighted by atomic mass is 10.2. The van der Waals surface area contributed by atoms with Crippen LogP contribution in [0.3, 0.4) is 0 Å². The van der Waals surface area contributed by atoms with Crippen molar-refractivity contribution in [1.82, 2.24) is 4.98 Å². The van der Waals surface area contributed by atoms with Gasteiger partial charge in [-0.25, -0.2) is 0 Å². The molecule has 0 aliphatic heterocycles. The van der Waals surface area contributed by atoms with Crippen LogP contribution >= 0.6 is 15.9 Å². The van der Waals surface area contributed by atoms with E-state index in [1.165, 1.54) is 5.56 Å². The van der Waals surface area contributed by atoms with Crippen LogP contribution in [-0.4, -0.2) is 4.98 Å². The van der Waals surface area contributed by atoms with Gasteiger partial charge in [0.2, 0.25) is 0 Å². The molecule has 2 aromatic rings. The molecule has 0 radical (unpaired) electrons.